The van der Waals surface area contributed by atoms with E-state index >= 15 is 0 Å². The number of piperidine rings is 1. The van der Waals surface area contributed by atoms with Crippen molar-refractivity contribution in [2.75, 3.05) is 13.1 Å². The maximum atomic E-state index is 12.2. The zero-order valence-electron chi connectivity index (χ0n) is 13.4. The molecular weight excluding hydrogens is 365 g/mol. The number of ether oxygens (including phenoxy) is 1. The summed E-state index contributed by atoms with van der Waals surface area (Å²) in [6.45, 7) is 1.17. The standard InChI is InChI=1S/C18H17Cl2NO4/c19-14-4-3-12(10-15(14)20)11-25-18(23)13-5-7-21(8-6-13)17(22)16-2-1-9-24-16/h1-4,9-10,13H,5-8,11H2. The molecule has 0 unspecified atom stereocenters. The lowest BCUT2D eigenvalue weighted by Crippen LogP contribution is -2.40. The Bertz CT molecular complexity index is 752. The molecule has 5 nitrogen and oxygen atoms in total. The van der Waals surface area contributed by atoms with Crippen LogP contribution in [0, 0.1) is 5.92 Å². The molecule has 0 bridgehead atoms. The number of hydrogen-bond donors (Lipinski definition) is 0. The van der Waals surface area contributed by atoms with Crippen molar-refractivity contribution in [3.05, 3.63) is 58.0 Å². The van der Waals surface area contributed by atoms with Crippen molar-refractivity contribution in [2.45, 2.75) is 19.4 Å². The zero-order chi connectivity index (χ0) is 17.8. The van der Waals surface area contributed by atoms with E-state index in [0.29, 0.717) is 41.7 Å². The predicted octanol–water partition coefficient (Wildman–Crippen LogP) is 4.18. The van der Waals surface area contributed by atoms with Gasteiger partial charge in [0.25, 0.3) is 5.91 Å². The number of rotatable bonds is 4. The maximum absolute atomic E-state index is 12.2. The molecular formula is C18H17Cl2NO4. The van der Waals surface area contributed by atoms with Crippen LogP contribution in [0.4, 0.5) is 0 Å². The summed E-state index contributed by atoms with van der Waals surface area (Å²) in [5, 5.41) is 0.894. The zero-order valence-corrected chi connectivity index (χ0v) is 14.9. The predicted molar refractivity (Wildman–Crippen MR) is 93.6 cm³/mol. The van der Waals surface area contributed by atoms with Gasteiger partial charge >= 0.3 is 5.97 Å². The Morgan fingerprint density at radius 3 is 2.56 bits per heavy atom. The number of carbonyl (C=O) groups is 2. The van der Waals surface area contributed by atoms with E-state index in [2.05, 4.69) is 0 Å². The third kappa shape index (κ3) is 4.35. The van der Waals surface area contributed by atoms with Crippen molar-refractivity contribution in [3.63, 3.8) is 0 Å². The van der Waals surface area contributed by atoms with Crippen LogP contribution in [0.2, 0.25) is 10.0 Å². The maximum Gasteiger partial charge on any atom is 0.309 e. The van der Waals surface area contributed by atoms with E-state index in [1.165, 1.54) is 6.26 Å². The van der Waals surface area contributed by atoms with Crippen molar-refractivity contribution >= 4 is 35.1 Å². The highest BCUT2D eigenvalue weighted by Crippen LogP contribution is 2.24. The second-order valence-corrected chi connectivity index (χ2v) is 6.71. The van der Waals surface area contributed by atoms with Crippen LogP contribution in [0.5, 0.6) is 0 Å². The number of esters is 1. The summed E-state index contributed by atoms with van der Waals surface area (Å²) < 4.78 is 10.5. The molecule has 7 heteroatoms. The fraction of sp³-hybridized carbons (Fsp3) is 0.333. The number of benzene rings is 1. The number of carbonyl (C=O) groups excluding carboxylic acids is 2. The van der Waals surface area contributed by atoms with Crippen LogP contribution >= 0.6 is 23.2 Å². The largest absolute Gasteiger partial charge is 0.461 e. The molecule has 1 fully saturated rings. The molecule has 1 aliphatic rings. The van der Waals surface area contributed by atoms with E-state index in [4.69, 9.17) is 32.4 Å². The van der Waals surface area contributed by atoms with E-state index in [9.17, 15) is 9.59 Å². The van der Waals surface area contributed by atoms with E-state index < -0.39 is 0 Å². The van der Waals surface area contributed by atoms with Crippen LogP contribution < -0.4 is 0 Å². The van der Waals surface area contributed by atoms with Gasteiger partial charge in [0.1, 0.15) is 6.61 Å². The van der Waals surface area contributed by atoms with Gasteiger partial charge in [-0.05, 0) is 42.7 Å². The first kappa shape index (κ1) is 17.8. The van der Waals surface area contributed by atoms with Gasteiger partial charge in [0.2, 0.25) is 0 Å². The van der Waals surface area contributed by atoms with E-state index in [0.717, 1.165) is 5.56 Å². The summed E-state index contributed by atoms with van der Waals surface area (Å²) in [6, 6.07) is 8.44. The molecule has 1 aromatic carbocycles. The van der Waals surface area contributed by atoms with Gasteiger partial charge in [-0.1, -0.05) is 29.3 Å². The van der Waals surface area contributed by atoms with Gasteiger partial charge in [-0.3, -0.25) is 9.59 Å². The van der Waals surface area contributed by atoms with Crippen LogP contribution in [-0.2, 0) is 16.1 Å². The van der Waals surface area contributed by atoms with Gasteiger partial charge in [-0.25, -0.2) is 0 Å². The van der Waals surface area contributed by atoms with E-state index in [1.54, 1.807) is 35.2 Å². The highest BCUT2D eigenvalue weighted by atomic mass is 35.5. The first-order chi connectivity index (χ1) is 12.0. The molecule has 0 saturated carbocycles. The number of nitrogens with zero attached hydrogens (tertiary/aromatic N) is 1. The molecule has 1 amide bonds. The number of amides is 1. The fourth-order valence-corrected chi connectivity index (χ4v) is 3.10. The number of furan rings is 1. The topological polar surface area (TPSA) is 59.8 Å². The Morgan fingerprint density at radius 1 is 1.16 bits per heavy atom. The minimum Gasteiger partial charge on any atom is -0.461 e. The van der Waals surface area contributed by atoms with E-state index in [1.807, 2.05) is 0 Å². The SMILES string of the molecule is O=C(OCc1ccc(Cl)c(Cl)c1)C1CCN(C(=O)c2ccco2)CC1. The second-order valence-electron chi connectivity index (χ2n) is 5.90. The second kappa shape index (κ2) is 7.93. The van der Waals surface area contributed by atoms with Crippen LogP contribution in [0.1, 0.15) is 29.0 Å². The van der Waals surface area contributed by atoms with Gasteiger partial charge < -0.3 is 14.1 Å². The highest BCUT2D eigenvalue weighted by molar-refractivity contribution is 6.42. The molecule has 0 spiro atoms. The first-order valence-electron chi connectivity index (χ1n) is 7.98. The third-order valence-corrected chi connectivity index (χ3v) is 4.95. The van der Waals surface area contributed by atoms with Crippen LogP contribution in [0.3, 0.4) is 0 Å². The van der Waals surface area contributed by atoms with E-state index in [-0.39, 0.29) is 24.4 Å². The molecule has 0 radical (unpaired) electrons. The monoisotopic (exact) mass is 381 g/mol. The van der Waals surface area contributed by atoms with Gasteiger partial charge in [-0.15, -0.1) is 0 Å². The molecule has 0 atom stereocenters. The summed E-state index contributed by atoms with van der Waals surface area (Å²) in [4.78, 5) is 26.1. The average Bonchev–Trinajstić information content (AvgIpc) is 3.16. The fourth-order valence-electron chi connectivity index (χ4n) is 2.78. The first-order valence-corrected chi connectivity index (χ1v) is 8.73. The summed E-state index contributed by atoms with van der Waals surface area (Å²) >= 11 is 11.8. The van der Waals surface area contributed by atoms with Crippen LogP contribution in [0.15, 0.2) is 41.0 Å². The quantitative estimate of drug-likeness (QED) is 0.745. The van der Waals surface area contributed by atoms with Crippen molar-refractivity contribution < 1.29 is 18.7 Å². The molecule has 25 heavy (non-hydrogen) atoms. The Kier molecular flexibility index (Phi) is 5.66. The van der Waals surface area contributed by atoms with Crippen molar-refractivity contribution in [1.29, 1.82) is 0 Å². The number of halogens is 2. The number of likely N-dealkylation sites (tertiary alicyclic amines) is 1. The van der Waals surface area contributed by atoms with Crippen molar-refractivity contribution in [1.82, 2.24) is 4.90 Å². The normalized spacial score (nSPS) is 15.2. The highest BCUT2D eigenvalue weighted by Gasteiger charge is 2.29. The molecule has 1 aromatic heterocycles. The minimum atomic E-state index is -0.254. The molecule has 0 aliphatic carbocycles. The Balaban J connectivity index is 1.48. The molecule has 1 saturated heterocycles. The molecule has 1 aliphatic heterocycles. The molecule has 132 valence electrons. The van der Waals surface area contributed by atoms with Crippen molar-refractivity contribution in [3.8, 4) is 0 Å². The smallest absolute Gasteiger partial charge is 0.309 e. The lowest BCUT2D eigenvalue weighted by Gasteiger charge is -2.30. The molecule has 0 N–H and O–H groups in total. The van der Waals surface area contributed by atoms with Gasteiger partial charge in [0, 0.05) is 13.1 Å². The lowest BCUT2D eigenvalue weighted by molar-refractivity contribution is -0.151. The summed E-state index contributed by atoms with van der Waals surface area (Å²) in [5.74, 6) is -0.284. The Morgan fingerprint density at radius 2 is 1.92 bits per heavy atom. The minimum absolute atomic E-state index is 0.146. The van der Waals surface area contributed by atoms with Crippen LogP contribution in [0.25, 0.3) is 0 Å². The van der Waals surface area contributed by atoms with Gasteiger partial charge in [-0.2, -0.15) is 0 Å². The summed E-state index contributed by atoms with van der Waals surface area (Å²) in [7, 11) is 0. The summed E-state index contributed by atoms with van der Waals surface area (Å²) in [5.41, 5.74) is 0.785. The third-order valence-electron chi connectivity index (χ3n) is 4.21. The van der Waals surface area contributed by atoms with Gasteiger partial charge in [0.15, 0.2) is 5.76 Å². The molecule has 3 rings (SSSR count). The molecule has 2 aromatic rings. The Labute approximate surface area is 155 Å². The lowest BCUT2D eigenvalue weighted by atomic mass is 9.97. The molecule has 2 heterocycles. The van der Waals surface area contributed by atoms with Gasteiger partial charge in [0.05, 0.1) is 22.2 Å². The van der Waals surface area contributed by atoms with Crippen LogP contribution in [-0.4, -0.2) is 29.9 Å². The Hall–Kier alpha value is -1.98. The average molecular weight is 382 g/mol. The van der Waals surface area contributed by atoms with Crippen molar-refractivity contribution in [2.24, 2.45) is 5.92 Å². The number of hydrogen-bond acceptors (Lipinski definition) is 4. The summed E-state index contributed by atoms with van der Waals surface area (Å²) in [6.07, 6.45) is 2.62.